The van der Waals surface area contributed by atoms with Crippen molar-refractivity contribution in [2.24, 2.45) is 5.84 Å². The Labute approximate surface area is 132 Å². The van der Waals surface area contributed by atoms with Crippen molar-refractivity contribution in [3.05, 3.63) is 35.4 Å². The van der Waals surface area contributed by atoms with E-state index in [1.807, 2.05) is 5.43 Å². The van der Waals surface area contributed by atoms with Crippen LogP contribution < -0.4 is 22.1 Å². The Morgan fingerprint density at radius 1 is 1.27 bits per heavy atom. The first kappa shape index (κ1) is 16.7. The number of hydrogen-bond acceptors (Lipinski definition) is 4. The van der Waals surface area contributed by atoms with E-state index in [0.717, 1.165) is 32.6 Å². The van der Waals surface area contributed by atoms with Crippen LogP contribution in [0.4, 0.5) is 4.79 Å². The minimum Gasteiger partial charge on any atom is -0.303 e. The second-order valence-electron chi connectivity index (χ2n) is 5.91. The number of urea groups is 1. The molecule has 2 amide bonds. The van der Waals surface area contributed by atoms with Crippen LogP contribution in [0.1, 0.15) is 36.3 Å². The van der Waals surface area contributed by atoms with Crippen molar-refractivity contribution >= 4 is 6.03 Å². The molecule has 1 aromatic carbocycles. The molecule has 0 saturated carbocycles. The third-order valence-corrected chi connectivity index (χ3v) is 4.25. The summed E-state index contributed by atoms with van der Waals surface area (Å²) in [6, 6.07) is 8.54. The van der Waals surface area contributed by atoms with Crippen molar-refractivity contribution in [1.29, 1.82) is 0 Å². The standard InChI is InChI=1S/C16H27N5O/c1-13-3-5-14(6-4-13)15-7-11-21(12-8-15)10-2-9-18-20-16(22)19-17/h3-6,15,18H,2,7-12,17H2,1H3,(H2,19,20,22). The molecule has 5 N–H and O–H groups in total. The van der Waals surface area contributed by atoms with Gasteiger partial charge in [0.25, 0.3) is 0 Å². The van der Waals surface area contributed by atoms with Gasteiger partial charge in [0.2, 0.25) is 0 Å². The molecule has 1 fully saturated rings. The largest absolute Gasteiger partial charge is 0.343 e. The van der Waals surface area contributed by atoms with Crippen LogP contribution in [-0.2, 0) is 0 Å². The van der Waals surface area contributed by atoms with Crippen molar-refractivity contribution in [3.8, 4) is 0 Å². The lowest BCUT2D eigenvalue weighted by Crippen LogP contribution is -2.47. The lowest BCUT2D eigenvalue weighted by Gasteiger charge is -2.32. The first-order chi connectivity index (χ1) is 10.7. The second-order valence-corrected chi connectivity index (χ2v) is 5.91. The topological polar surface area (TPSA) is 82.4 Å². The molecule has 1 heterocycles. The quantitative estimate of drug-likeness (QED) is 0.276. The van der Waals surface area contributed by atoms with Gasteiger partial charge in [-0.25, -0.2) is 16.1 Å². The van der Waals surface area contributed by atoms with Gasteiger partial charge in [0.05, 0.1) is 0 Å². The number of benzene rings is 1. The molecule has 2 rings (SSSR count). The fraction of sp³-hybridized carbons (Fsp3) is 0.562. The van der Waals surface area contributed by atoms with Gasteiger partial charge >= 0.3 is 6.03 Å². The smallest absolute Gasteiger partial charge is 0.303 e. The second kappa shape index (κ2) is 8.73. The van der Waals surface area contributed by atoms with Crippen molar-refractivity contribution < 1.29 is 4.79 Å². The van der Waals surface area contributed by atoms with Gasteiger partial charge in [0.1, 0.15) is 0 Å². The molecular formula is C16H27N5O. The number of aryl methyl sites for hydroxylation is 1. The minimum atomic E-state index is -0.418. The molecule has 0 radical (unpaired) electrons. The molecule has 0 atom stereocenters. The predicted octanol–water partition coefficient (Wildman–Crippen LogP) is 1.24. The number of hydrogen-bond donors (Lipinski definition) is 4. The van der Waals surface area contributed by atoms with Crippen LogP contribution in [0, 0.1) is 6.92 Å². The Morgan fingerprint density at radius 3 is 2.59 bits per heavy atom. The maximum atomic E-state index is 10.8. The van der Waals surface area contributed by atoms with Crippen LogP contribution in [0.3, 0.4) is 0 Å². The van der Waals surface area contributed by atoms with Crippen molar-refractivity contribution in [2.75, 3.05) is 26.2 Å². The van der Waals surface area contributed by atoms with Gasteiger partial charge in [-0.15, -0.1) is 0 Å². The van der Waals surface area contributed by atoms with Crippen molar-refractivity contribution in [3.63, 3.8) is 0 Å². The fourth-order valence-corrected chi connectivity index (χ4v) is 2.90. The highest BCUT2D eigenvalue weighted by Gasteiger charge is 2.19. The molecule has 22 heavy (non-hydrogen) atoms. The molecule has 0 unspecified atom stereocenters. The van der Waals surface area contributed by atoms with Crippen LogP contribution in [0.2, 0.25) is 0 Å². The number of nitrogens with one attached hydrogen (secondary N) is 3. The molecule has 0 aromatic heterocycles. The number of likely N-dealkylation sites (tertiary alicyclic amines) is 1. The van der Waals surface area contributed by atoms with E-state index in [1.54, 1.807) is 0 Å². The van der Waals surface area contributed by atoms with Crippen LogP contribution in [0.15, 0.2) is 24.3 Å². The van der Waals surface area contributed by atoms with Crippen molar-refractivity contribution in [2.45, 2.75) is 32.1 Å². The van der Waals surface area contributed by atoms with E-state index in [9.17, 15) is 4.79 Å². The third-order valence-electron chi connectivity index (χ3n) is 4.25. The highest BCUT2D eigenvalue weighted by Crippen LogP contribution is 2.28. The van der Waals surface area contributed by atoms with E-state index < -0.39 is 6.03 Å². The van der Waals surface area contributed by atoms with Gasteiger partial charge in [0, 0.05) is 6.54 Å². The van der Waals surface area contributed by atoms with E-state index in [2.05, 4.69) is 46.9 Å². The summed E-state index contributed by atoms with van der Waals surface area (Å²) in [6.07, 6.45) is 3.45. The van der Waals surface area contributed by atoms with Gasteiger partial charge in [-0.2, -0.15) is 0 Å². The Morgan fingerprint density at radius 2 is 1.95 bits per heavy atom. The van der Waals surface area contributed by atoms with E-state index in [4.69, 9.17) is 5.84 Å². The lowest BCUT2D eigenvalue weighted by atomic mass is 9.89. The zero-order chi connectivity index (χ0) is 15.8. The van der Waals surface area contributed by atoms with Crippen LogP contribution >= 0.6 is 0 Å². The lowest BCUT2D eigenvalue weighted by molar-refractivity contribution is 0.208. The Hall–Kier alpha value is -1.63. The molecule has 1 aliphatic heterocycles. The van der Waals surface area contributed by atoms with E-state index in [1.165, 1.54) is 24.0 Å². The Balaban J connectivity index is 1.61. The van der Waals surface area contributed by atoms with E-state index in [-0.39, 0.29) is 0 Å². The highest BCUT2D eigenvalue weighted by molar-refractivity contribution is 5.72. The van der Waals surface area contributed by atoms with E-state index in [0.29, 0.717) is 5.92 Å². The summed E-state index contributed by atoms with van der Waals surface area (Å²) in [6.45, 7) is 6.22. The number of amides is 2. The molecule has 1 aromatic rings. The van der Waals surface area contributed by atoms with E-state index >= 15 is 0 Å². The SMILES string of the molecule is Cc1ccc(C2CCN(CCCNNC(=O)NN)CC2)cc1. The molecular weight excluding hydrogens is 278 g/mol. The highest BCUT2D eigenvalue weighted by atomic mass is 16.2. The molecule has 1 aliphatic rings. The number of piperidine rings is 1. The molecule has 0 spiro atoms. The monoisotopic (exact) mass is 305 g/mol. The van der Waals surface area contributed by atoms with Crippen LogP contribution in [0.5, 0.6) is 0 Å². The summed E-state index contributed by atoms with van der Waals surface area (Å²) >= 11 is 0. The number of nitrogens with two attached hydrogens (primary N) is 1. The molecule has 1 saturated heterocycles. The summed E-state index contributed by atoms with van der Waals surface area (Å²) in [4.78, 5) is 13.3. The normalized spacial score (nSPS) is 16.5. The third kappa shape index (κ3) is 5.29. The molecule has 6 nitrogen and oxygen atoms in total. The number of nitrogens with zero attached hydrogens (tertiary/aromatic N) is 1. The Kier molecular flexibility index (Phi) is 6.64. The van der Waals surface area contributed by atoms with Gasteiger partial charge in [0.15, 0.2) is 0 Å². The zero-order valence-electron chi connectivity index (χ0n) is 13.3. The summed E-state index contributed by atoms with van der Waals surface area (Å²) in [5.41, 5.74) is 10.1. The number of carbonyl (C=O) groups is 1. The Bertz CT molecular complexity index is 454. The van der Waals surface area contributed by atoms with Crippen LogP contribution in [-0.4, -0.2) is 37.1 Å². The van der Waals surface area contributed by atoms with Gasteiger partial charge < -0.3 is 4.90 Å². The summed E-state index contributed by atoms with van der Waals surface area (Å²) in [7, 11) is 0. The summed E-state index contributed by atoms with van der Waals surface area (Å²) in [5.74, 6) is 5.66. The summed E-state index contributed by atoms with van der Waals surface area (Å²) < 4.78 is 0. The zero-order valence-corrected chi connectivity index (χ0v) is 13.3. The first-order valence-electron chi connectivity index (χ1n) is 7.97. The average Bonchev–Trinajstić information content (AvgIpc) is 2.55. The van der Waals surface area contributed by atoms with Gasteiger partial charge in [-0.1, -0.05) is 29.8 Å². The number of carbonyl (C=O) groups excluding carboxylic acids is 1. The molecule has 0 aliphatic carbocycles. The predicted molar refractivity (Wildman–Crippen MR) is 88.1 cm³/mol. The van der Waals surface area contributed by atoms with Gasteiger partial charge in [-0.05, 0) is 57.3 Å². The average molecular weight is 305 g/mol. The minimum absolute atomic E-state index is 0.418. The number of rotatable bonds is 6. The summed E-state index contributed by atoms with van der Waals surface area (Å²) in [5, 5.41) is 0. The molecule has 6 heteroatoms. The first-order valence-corrected chi connectivity index (χ1v) is 7.97. The maximum Gasteiger partial charge on any atom is 0.343 e. The van der Waals surface area contributed by atoms with Crippen molar-refractivity contribution in [1.82, 2.24) is 21.2 Å². The fourth-order valence-electron chi connectivity index (χ4n) is 2.90. The van der Waals surface area contributed by atoms with Gasteiger partial charge in [-0.3, -0.25) is 10.9 Å². The maximum absolute atomic E-state index is 10.8. The molecule has 0 bridgehead atoms. The molecule has 122 valence electrons. The number of hydrazine groups is 2. The van der Waals surface area contributed by atoms with Crippen LogP contribution in [0.25, 0.3) is 0 Å².